The van der Waals surface area contributed by atoms with Gasteiger partial charge in [0.2, 0.25) is 0 Å². The maximum atomic E-state index is 3.64. The van der Waals surface area contributed by atoms with Crippen LogP contribution in [-0.4, -0.2) is 12.6 Å². The van der Waals surface area contributed by atoms with Crippen LogP contribution in [0.3, 0.4) is 0 Å². The minimum Gasteiger partial charge on any atom is -0.314 e. The third-order valence-corrected chi connectivity index (χ3v) is 4.67. The molecule has 1 fully saturated rings. The molecule has 0 saturated heterocycles. The maximum Gasteiger partial charge on any atom is 0.00104 e. The fraction of sp³-hybridized carbons (Fsp3) is 0.474. The first-order chi connectivity index (χ1) is 9.75. The van der Waals surface area contributed by atoms with Crippen LogP contribution >= 0.6 is 0 Å². The largest absolute Gasteiger partial charge is 0.314 e. The van der Waals surface area contributed by atoms with Crippen LogP contribution in [0.25, 0.3) is 10.8 Å². The van der Waals surface area contributed by atoms with Gasteiger partial charge in [0.1, 0.15) is 0 Å². The Balaban J connectivity index is 1.89. The number of hydrogen-bond acceptors (Lipinski definition) is 1. The maximum absolute atomic E-state index is 3.64. The van der Waals surface area contributed by atoms with Gasteiger partial charge in [0.05, 0.1) is 0 Å². The highest BCUT2D eigenvalue weighted by atomic mass is 14.9. The van der Waals surface area contributed by atoms with Crippen molar-refractivity contribution in [2.24, 2.45) is 5.92 Å². The summed E-state index contributed by atoms with van der Waals surface area (Å²) in [4.78, 5) is 0. The van der Waals surface area contributed by atoms with Crippen LogP contribution < -0.4 is 5.32 Å². The van der Waals surface area contributed by atoms with Gasteiger partial charge in [-0.15, -0.1) is 0 Å². The van der Waals surface area contributed by atoms with E-state index in [-0.39, 0.29) is 0 Å². The molecule has 0 bridgehead atoms. The van der Waals surface area contributed by atoms with E-state index >= 15 is 0 Å². The van der Waals surface area contributed by atoms with Crippen LogP contribution in [0.15, 0.2) is 42.5 Å². The molecular formula is C19H25N. The van der Waals surface area contributed by atoms with Crippen LogP contribution in [0.5, 0.6) is 0 Å². The SMILES string of the molecule is CC(C)NCC1CCCC1c1cccc2ccccc12. The highest BCUT2D eigenvalue weighted by molar-refractivity contribution is 5.86. The summed E-state index contributed by atoms with van der Waals surface area (Å²) in [5.74, 6) is 1.52. The molecule has 2 atom stereocenters. The van der Waals surface area contributed by atoms with E-state index in [1.807, 2.05) is 0 Å². The van der Waals surface area contributed by atoms with Crippen molar-refractivity contribution in [3.8, 4) is 0 Å². The summed E-state index contributed by atoms with van der Waals surface area (Å²) >= 11 is 0. The lowest BCUT2D eigenvalue weighted by molar-refractivity contribution is 0.424. The van der Waals surface area contributed by atoms with E-state index < -0.39 is 0 Å². The van der Waals surface area contributed by atoms with Crippen LogP contribution in [0, 0.1) is 5.92 Å². The zero-order valence-electron chi connectivity index (χ0n) is 12.6. The third kappa shape index (κ3) is 2.73. The van der Waals surface area contributed by atoms with E-state index in [9.17, 15) is 0 Å². The normalized spacial score (nSPS) is 22.8. The van der Waals surface area contributed by atoms with Crippen molar-refractivity contribution in [3.05, 3.63) is 48.0 Å². The highest BCUT2D eigenvalue weighted by Crippen LogP contribution is 2.41. The van der Waals surface area contributed by atoms with Crippen molar-refractivity contribution >= 4 is 10.8 Å². The van der Waals surface area contributed by atoms with Gasteiger partial charge < -0.3 is 5.32 Å². The van der Waals surface area contributed by atoms with Crippen LogP contribution in [0.4, 0.5) is 0 Å². The Kier molecular flexibility index (Phi) is 4.07. The van der Waals surface area contributed by atoms with E-state index in [1.165, 1.54) is 30.0 Å². The zero-order chi connectivity index (χ0) is 13.9. The first-order valence-electron chi connectivity index (χ1n) is 7.97. The van der Waals surface area contributed by atoms with Crippen LogP contribution in [0.2, 0.25) is 0 Å². The number of hydrogen-bond donors (Lipinski definition) is 1. The van der Waals surface area contributed by atoms with Gasteiger partial charge in [-0.25, -0.2) is 0 Å². The summed E-state index contributed by atoms with van der Waals surface area (Å²) in [7, 11) is 0. The van der Waals surface area contributed by atoms with Crippen molar-refractivity contribution in [1.29, 1.82) is 0 Å². The predicted molar refractivity (Wildman–Crippen MR) is 87.2 cm³/mol. The molecule has 0 spiro atoms. The standard InChI is InChI=1S/C19H25N/c1-14(2)20-13-16-9-6-11-18(16)19-12-5-8-15-7-3-4-10-17(15)19/h3-5,7-8,10,12,14,16,18,20H,6,9,11,13H2,1-2H3. The quantitative estimate of drug-likeness (QED) is 0.845. The molecule has 1 aliphatic carbocycles. The van der Waals surface area contributed by atoms with Crippen molar-refractivity contribution < 1.29 is 0 Å². The molecule has 2 aromatic carbocycles. The second kappa shape index (κ2) is 5.97. The number of benzene rings is 2. The van der Waals surface area contributed by atoms with Gasteiger partial charge in [-0.05, 0) is 47.6 Å². The van der Waals surface area contributed by atoms with Crippen LogP contribution in [0.1, 0.15) is 44.6 Å². The minimum atomic E-state index is 0.587. The van der Waals surface area contributed by atoms with Crippen molar-refractivity contribution in [2.45, 2.75) is 45.1 Å². The first-order valence-corrected chi connectivity index (χ1v) is 7.97. The molecule has 1 N–H and O–H groups in total. The Hall–Kier alpha value is -1.34. The Bertz CT molecular complexity index is 567. The van der Waals surface area contributed by atoms with Crippen molar-refractivity contribution in [3.63, 3.8) is 0 Å². The average Bonchev–Trinajstić information content (AvgIpc) is 2.92. The lowest BCUT2D eigenvalue weighted by Crippen LogP contribution is -2.30. The lowest BCUT2D eigenvalue weighted by atomic mass is 9.86. The molecular weight excluding hydrogens is 242 g/mol. The summed E-state index contributed by atoms with van der Waals surface area (Å²) in [6, 6.07) is 16.2. The molecule has 1 aliphatic rings. The topological polar surface area (TPSA) is 12.0 Å². The van der Waals surface area contributed by atoms with E-state index in [1.54, 1.807) is 5.56 Å². The lowest BCUT2D eigenvalue weighted by Gasteiger charge is -2.23. The van der Waals surface area contributed by atoms with Gasteiger partial charge in [0.25, 0.3) is 0 Å². The molecule has 1 saturated carbocycles. The van der Waals surface area contributed by atoms with Gasteiger partial charge in [0.15, 0.2) is 0 Å². The average molecular weight is 267 g/mol. The summed E-state index contributed by atoms with van der Waals surface area (Å²) in [6.45, 7) is 5.63. The van der Waals surface area contributed by atoms with Crippen molar-refractivity contribution in [1.82, 2.24) is 5.32 Å². The first kappa shape index (κ1) is 13.6. The van der Waals surface area contributed by atoms with Gasteiger partial charge >= 0.3 is 0 Å². The molecule has 0 radical (unpaired) electrons. The highest BCUT2D eigenvalue weighted by Gasteiger charge is 2.29. The number of fused-ring (bicyclic) bond motifs is 1. The van der Waals surface area contributed by atoms with Gasteiger partial charge in [0, 0.05) is 6.04 Å². The third-order valence-electron chi connectivity index (χ3n) is 4.67. The van der Waals surface area contributed by atoms with Crippen LogP contribution in [-0.2, 0) is 0 Å². The summed E-state index contributed by atoms with van der Waals surface area (Å²) in [5, 5.41) is 6.47. The molecule has 2 unspecified atom stereocenters. The zero-order valence-corrected chi connectivity index (χ0v) is 12.6. The van der Waals surface area contributed by atoms with Crippen molar-refractivity contribution in [2.75, 3.05) is 6.54 Å². The molecule has 20 heavy (non-hydrogen) atoms. The molecule has 0 aromatic heterocycles. The molecule has 0 aliphatic heterocycles. The Morgan fingerprint density at radius 3 is 2.70 bits per heavy atom. The fourth-order valence-electron chi connectivity index (χ4n) is 3.65. The summed E-state index contributed by atoms with van der Waals surface area (Å²) in [6.07, 6.45) is 4.09. The van der Waals surface area contributed by atoms with E-state index in [0.717, 1.165) is 18.4 Å². The van der Waals surface area contributed by atoms with Gasteiger partial charge in [-0.1, -0.05) is 62.7 Å². The molecule has 106 valence electrons. The van der Waals surface area contributed by atoms with E-state index in [4.69, 9.17) is 0 Å². The molecule has 1 nitrogen and oxygen atoms in total. The number of rotatable bonds is 4. The predicted octanol–water partition coefficient (Wildman–Crippen LogP) is 4.72. The monoisotopic (exact) mass is 267 g/mol. The smallest absolute Gasteiger partial charge is 0.00104 e. The van der Waals surface area contributed by atoms with E-state index in [2.05, 4.69) is 61.6 Å². The van der Waals surface area contributed by atoms with Gasteiger partial charge in [-0.2, -0.15) is 0 Å². The number of nitrogens with one attached hydrogen (secondary N) is 1. The minimum absolute atomic E-state index is 0.587. The molecule has 2 aromatic rings. The molecule has 0 amide bonds. The fourth-order valence-corrected chi connectivity index (χ4v) is 3.65. The second-order valence-corrected chi connectivity index (χ2v) is 6.43. The van der Waals surface area contributed by atoms with E-state index in [0.29, 0.717) is 6.04 Å². The second-order valence-electron chi connectivity index (χ2n) is 6.43. The Labute approximate surface area is 122 Å². The Morgan fingerprint density at radius 1 is 1.05 bits per heavy atom. The summed E-state index contributed by atoms with van der Waals surface area (Å²) in [5.41, 5.74) is 1.57. The molecule has 0 heterocycles. The molecule has 1 heteroatoms. The Morgan fingerprint density at radius 2 is 1.85 bits per heavy atom. The molecule has 3 rings (SSSR count). The summed E-state index contributed by atoms with van der Waals surface area (Å²) < 4.78 is 0. The van der Waals surface area contributed by atoms with Gasteiger partial charge in [-0.3, -0.25) is 0 Å².